The number of thioether (sulfide) groups is 1. The zero-order valence-electron chi connectivity index (χ0n) is 13.4. The van der Waals surface area contributed by atoms with E-state index in [0.29, 0.717) is 26.5 Å². The van der Waals surface area contributed by atoms with Gasteiger partial charge in [0.05, 0.1) is 15.5 Å². The van der Waals surface area contributed by atoms with Gasteiger partial charge < -0.3 is 15.7 Å². The van der Waals surface area contributed by atoms with Crippen LogP contribution < -0.4 is 10.6 Å². The first kappa shape index (κ1) is 17.2. The molecule has 2 aromatic rings. The fraction of sp³-hybridized carbons (Fsp3) is 0.125. The summed E-state index contributed by atoms with van der Waals surface area (Å²) in [7, 11) is 0. The third kappa shape index (κ3) is 4.06. The van der Waals surface area contributed by atoms with Crippen molar-refractivity contribution in [2.75, 3.05) is 5.32 Å². The van der Waals surface area contributed by atoms with Gasteiger partial charge in [0, 0.05) is 18.7 Å². The number of phenols is 1. The number of aromatic hydroxyl groups is 1. The molecule has 128 valence electrons. The molecule has 2 amide bonds. The molecule has 1 aromatic carbocycles. The summed E-state index contributed by atoms with van der Waals surface area (Å²) in [4.78, 5) is 32.8. The van der Waals surface area contributed by atoms with Crippen LogP contribution in [0, 0.1) is 6.92 Å². The van der Waals surface area contributed by atoms with Gasteiger partial charge in [-0.15, -0.1) is 0 Å². The van der Waals surface area contributed by atoms with Gasteiger partial charge in [-0.25, -0.2) is 9.98 Å². The monoisotopic (exact) mass is 374 g/mol. The van der Waals surface area contributed by atoms with E-state index in [4.69, 9.17) is 0 Å². The van der Waals surface area contributed by atoms with Crippen LogP contribution >= 0.6 is 23.1 Å². The first-order valence-corrected chi connectivity index (χ1v) is 8.87. The summed E-state index contributed by atoms with van der Waals surface area (Å²) >= 11 is 2.48. The second-order valence-corrected chi connectivity index (χ2v) is 7.24. The third-order valence-electron chi connectivity index (χ3n) is 3.23. The maximum absolute atomic E-state index is 12.1. The Morgan fingerprint density at radius 1 is 1.44 bits per heavy atom. The minimum atomic E-state index is -0.254. The number of hydrogen-bond acceptors (Lipinski definition) is 7. The van der Waals surface area contributed by atoms with Gasteiger partial charge in [-0.2, -0.15) is 0 Å². The van der Waals surface area contributed by atoms with Gasteiger partial charge in [0.25, 0.3) is 5.91 Å². The normalized spacial score (nSPS) is 17.1. The second-order valence-electron chi connectivity index (χ2n) is 5.15. The minimum absolute atomic E-state index is 0.155. The Balaban J connectivity index is 1.80. The molecule has 0 atom stereocenters. The Labute approximate surface area is 151 Å². The van der Waals surface area contributed by atoms with Gasteiger partial charge in [0.15, 0.2) is 10.3 Å². The molecule has 0 unspecified atom stereocenters. The van der Waals surface area contributed by atoms with Crippen LogP contribution in [-0.2, 0) is 9.59 Å². The van der Waals surface area contributed by atoms with E-state index in [1.54, 1.807) is 37.4 Å². The van der Waals surface area contributed by atoms with E-state index in [-0.39, 0.29) is 17.6 Å². The van der Waals surface area contributed by atoms with Gasteiger partial charge in [0.1, 0.15) is 5.75 Å². The van der Waals surface area contributed by atoms with E-state index < -0.39 is 0 Å². The SMILES string of the molecule is CC(=O)Nc1ncc(C=C2SC(=Nc3cccc(O)c3C)NC2=O)s1. The Hall–Kier alpha value is -2.65. The molecule has 3 rings (SSSR count). The Morgan fingerprint density at radius 3 is 3.00 bits per heavy atom. The number of amides is 2. The second kappa shape index (κ2) is 7.08. The Morgan fingerprint density at radius 2 is 2.24 bits per heavy atom. The molecule has 0 spiro atoms. The molecule has 0 aliphatic carbocycles. The van der Waals surface area contributed by atoms with Gasteiger partial charge in [-0.05, 0) is 36.9 Å². The predicted molar refractivity (Wildman–Crippen MR) is 100 cm³/mol. The van der Waals surface area contributed by atoms with Crippen LogP contribution in [0.1, 0.15) is 17.4 Å². The number of rotatable bonds is 3. The van der Waals surface area contributed by atoms with Crippen LogP contribution in [0.2, 0.25) is 0 Å². The molecule has 0 bridgehead atoms. The topological polar surface area (TPSA) is 104 Å². The number of benzene rings is 1. The molecule has 3 N–H and O–H groups in total. The number of carbonyl (C=O) groups is 2. The fourth-order valence-corrected chi connectivity index (χ4v) is 3.72. The Kier molecular flexibility index (Phi) is 4.86. The molecule has 1 aliphatic rings. The molecule has 25 heavy (non-hydrogen) atoms. The van der Waals surface area contributed by atoms with Crippen molar-refractivity contribution in [1.29, 1.82) is 0 Å². The number of amidine groups is 1. The summed E-state index contributed by atoms with van der Waals surface area (Å²) < 4.78 is 0. The van der Waals surface area contributed by atoms with E-state index in [2.05, 4.69) is 20.6 Å². The van der Waals surface area contributed by atoms with Crippen LogP contribution in [0.15, 0.2) is 34.3 Å². The number of aromatic nitrogens is 1. The number of phenolic OH excluding ortho intramolecular Hbond substituents is 1. The minimum Gasteiger partial charge on any atom is -0.508 e. The van der Waals surface area contributed by atoms with E-state index >= 15 is 0 Å². The van der Waals surface area contributed by atoms with Crippen molar-refractivity contribution in [3.8, 4) is 5.75 Å². The lowest BCUT2D eigenvalue weighted by Gasteiger charge is -2.02. The molecule has 0 radical (unpaired) electrons. The maximum Gasteiger partial charge on any atom is 0.264 e. The molecule has 0 saturated carbocycles. The molecule has 7 nitrogen and oxygen atoms in total. The van der Waals surface area contributed by atoms with E-state index in [1.165, 1.54) is 30.0 Å². The standard InChI is InChI=1S/C16H14N4O3S2/c1-8-11(4-3-5-12(8)22)19-16-20-14(23)13(25-16)6-10-7-17-15(24-10)18-9(2)21/h3-7,22H,1-2H3,(H,17,18,21)(H,19,20,23). The van der Waals surface area contributed by atoms with Crippen molar-refractivity contribution in [1.82, 2.24) is 10.3 Å². The van der Waals surface area contributed by atoms with Crippen molar-refractivity contribution < 1.29 is 14.7 Å². The number of nitrogens with zero attached hydrogens (tertiary/aromatic N) is 2. The summed E-state index contributed by atoms with van der Waals surface area (Å²) in [5, 5.41) is 15.9. The summed E-state index contributed by atoms with van der Waals surface area (Å²) in [5.41, 5.74) is 1.24. The van der Waals surface area contributed by atoms with E-state index in [0.717, 1.165) is 4.88 Å². The highest BCUT2D eigenvalue weighted by atomic mass is 32.2. The zero-order chi connectivity index (χ0) is 18.0. The lowest BCUT2D eigenvalue weighted by molar-refractivity contribution is -0.115. The van der Waals surface area contributed by atoms with Crippen molar-refractivity contribution in [3.63, 3.8) is 0 Å². The average molecular weight is 374 g/mol. The number of carbonyl (C=O) groups excluding carboxylic acids is 2. The molecule has 1 fully saturated rings. The number of thiazole rings is 1. The summed E-state index contributed by atoms with van der Waals surface area (Å²) in [6, 6.07) is 5.04. The highest BCUT2D eigenvalue weighted by molar-refractivity contribution is 8.18. The predicted octanol–water partition coefficient (Wildman–Crippen LogP) is 3.01. The first-order valence-electron chi connectivity index (χ1n) is 7.24. The quantitative estimate of drug-likeness (QED) is 0.717. The summed E-state index contributed by atoms with van der Waals surface area (Å²) in [6.45, 7) is 3.17. The maximum atomic E-state index is 12.1. The lowest BCUT2D eigenvalue weighted by Crippen LogP contribution is -2.19. The van der Waals surface area contributed by atoms with Crippen molar-refractivity contribution in [3.05, 3.63) is 39.7 Å². The highest BCUT2D eigenvalue weighted by Gasteiger charge is 2.24. The van der Waals surface area contributed by atoms with Gasteiger partial charge in [-0.1, -0.05) is 17.4 Å². The largest absolute Gasteiger partial charge is 0.508 e. The molecular weight excluding hydrogens is 360 g/mol. The molecule has 2 heterocycles. The van der Waals surface area contributed by atoms with E-state index in [1.807, 2.05) is 0 Å². The van der Waals surface area contributed by atoms with Gasteiger partial charge in [-0.3, -0.25) is 9.59 Å². The molecule has 1 saturated heterocycles. The molecular formula is C16H14N4O3S2. The summed E-state index contributed by atoms with van der Waals surface area (Å²) in [5.74, 6) is -0.296. The first-order chi connectivity index (χ1) is 11.9. The van der Waals surface area contributed by atoms with Crippen LogP contribution in [0.25, 0.3) is 6.08 Å². The molecule has 9 heteroatoms. The van der Waals surface area contributed by atoms with Gasteiger partial charge in [0.2, 0.25) is 5.91 Å². The van der Waals surface area contributed by atoms with Crippen LogP contribution in [0.4, 0.5) is 10.8 Å². The van der Waals surface area contributed by atoms with Crippen molar-refractivity contribution >= 4 is 57.0 Å². The van der Waals surface area contributed by atoms with E-state index in [9.17, 15) is 14.7 Å². The number of nitrogens with one attached hydrogen (secondary N) is 2. The van der Waals surface area contributed by atoms with Gasteiger partial charge >= 0.3 is 0 Å². The Bertz CT molecular complexity index is 918. The molecule has 1 aliphatic heterocycles. The zero-order valence-corrected chi connectivity index (χ0v) is 15.0. The fourth-order valence-electron chi connectivity index (χ4n) is 2.01. The molecule has 1 aromatic heterocycles. The van der Waals surface area contributed by atoms with Crippen LogP contribution in [0.5, 0.6) is 5.75 Å². The van der Waals surface area contributed by atoms with Crippen LogP contribution in [0.3, 0.4) is 0 Å². The number of aliphatic imine (C=N–C) groups is 1. The number of hydrogen-bond donors (Lipinski definition) is 3. The summed E-state index contributed by atoms with van der Waals surface area (Å²) in [6.07, 6.45) is 3.28. The smallest absolute Gasteiger partial charge is 0.264 e. The highest BCUT2D eigenvalue weighted by Crippen LogP contribution is 2.32. The number of anilines is 1. The van der Waals surface area contributed by atoms with Crippen LogP contribution in [-0.4, -0.2) is 27.1 Å². The lowest BCUT2D eigenvalue weighted by atomic mass is 10.2. The van der Waals surface area contributed by atoms with Crippen molar-refractivity contribution in [2.24, 2.45) is 4.99 Å². The average Bonchev–Trinajstić information content (AvgIpc) is 3.11. The third-order valence-corrected chi connectivity index (χ3v) is 5.00. The van der Waals surface area contributed by atoms with Crippen molar-refractivity contribution in [2.45, 2.75) is 13.8 Å².